The summed E-state index contributed by atoms with van der Waals surface area (Å²) in [5.41, 5.74) is 0. The molecule has 0 amide bonds. The van der Waals surface area contributed by atoms with Gasteiger partial charge in [-0.2, -0.15) is 0 Å². The second-order valence-electron chi connectivity index (χ2n) is 3.24. The fraction of sp³-hybridized carbons (Fsp3) is 0.875. The van der Waals surface area contributed by atoms with Crippen LogP contribution in [0.4, 0.5) is 0 Å². The van der Waals surface area contributed by atoms with Crippen molar-refractivity contribution in [3.8, 4) is 0 Å². The van der Waals surface area contributed by atoms with Crippen LogP contribution in [0.25, 0.3) is 0 Å². The van der Waals surface area contributed by atoms with Gasteiger partial charge < -0.3 is 14.3 Å². The van der Waals surface area contributed by atoms with Gasteiger partial charge in [0.05, 0.1) is 12.2 Å². The van der Waals surface area contributed by atoms with E-state index < -0.39 is 0 Å². The summed E-state index contributed by atoms with van der Waals surface area (Å²) >= 11 is 0. The van der Waals surface area contributed by atoms with Crippen LogP contribution in [0.3, 0.4) is 0 Å². The Morgan fingerprint density at radius 2 is 2.00 bits per heavy atom. The largest absolute Gasteiger partial charge is 0.349 e. The van der Waals surface area contributed by atoms with Gasteiger partial charge in [0.15, 0.2) is 0 Å². The first kappa shape index (κ1) is 7.25. The molecule has 1 aliphatic carbocycles. The van der Waals surface area contributed by atoms with E-state index in [4.69, 9.17) is 9.47 Å². The smallest absolute Gasteiger partial charge is 0.147 e. The van der Waals surface area contributed by atoms with Crippen LogP contribution in [0.5, 0.6) is 0 Å². The molecular formula is C8H12O3. The minimum absolute atomic E-state index is 0.193. The maximum Gasteiger partial charge on any atom is 0.147 e. The Balaban J connectivity index is 1.96. The monoisotopic (exact) mass is 156 g/mol. The van der Waals surface area contributed by atoms with E-state index in [1.54, 1.807) is 0 Å². The van der Waals surface area contributed by atoms with E-state index in [0.29, 0.717) is 6.79 Å². The van der Waals surface area contributed by atoms with Gasteiger partial charge in [0.2, 0.25) is 0 Å². The molecule has 3 atom stereocenters. The summed E-state index contributed by atoms with van der Waals surface area (Å²) in [6.45, 7) is 0.418. The van der Waals surface area contributed by atoms with Gasteiger partial charge in [0.25, 0.3) is 0 Å². The molecule has 62 valence electrons. The fourth-order valence-electron chi connectivity index (χ4n) is 1.84. The van der Waals surface area contributed by atoms with Crippen molar-refractivity contribution in [2.24, 2.45) is 5.92 Å². The second-order valence-corrected chi connectivity index (χ2v) is 3.24. The molecule has 0 aromatic carbocycles. The summed E-state index contributed by atoms with van der Waals surface area (Å²) in [7, 11) is 0. The van der Waals surface area contributed by atoms with Crippen LogP contribution in [0.1, 0.15) is 19.3 Å². The standard InChI is InChI=1S/C8H12O3/c9-4-6-1-2-7-8(3-6)11-5-10-7/h4,6-8H,1-3,5H2. The molecule has 2 fully saturated rings. The molecule has 11 heavy (non-hydrogen) atoms. The molecule has 1 aliphatic heterocycles. The van der Waals surface area contributed by atoms with Crippen LogP contribution in [0.15, 0.2) is 0 Å². The van der Waals surface area contributed by atoms with E-state index in [0.717, 1.165) is 25.5 Å². The second kappa shape index (κ2) is 2.91. The van der Waals surface area contributed by atoms with Crippen molar-refractivity contribution in [2.75, 3.05) is 6.79 Å². The predicted octanol–water partition coefficient (Wildman–Crippen LogP) is 0.727. The number of carbonyl (C=O) groups excluding carboxylic acids is 1. The third kappa shape index (κ3) is 1.30. The van der Waals surface area contributed by atoms with Gasteiger partial charge in [-0.05, 0) is 19.3 Å². The Hall–Kier alpha value is -0.410. The Morgan fingerprint density at radius 3 is 2.82 bits per heavy atom. The number of carbonyl (C=O) groups is 1. The highest BCUT2D eigenvalue weighted by Crippen LogP contribution is 2.30. The molecule has 1 saturated heterocycles. The molecule has 2 rings (SSSR count). The van der Waals surface area contributed by atoms with Crippen LogP contribution in [-0.4, -0.2) is 25.3 Å². The van der Waals surface area contributed by atoms with E-state index in [-0.39, 0.29) is 18.1 Å². The third-order valence-electron chi connectivity index (χ3n) is 2.53. The highest BCUT2D eigenvalue weighted by atomic mass is 16.7. The van der Waals surface area contributed by atoms with Crippen molar-refractivity contribution >= 4 is 6.29 Å². The molecule has 3 unspecified atom stereocenters. The first-order chi connectivity index (χ1) is 5.40. The maximum atomic E-state index is 10.5. The van der Waals surface area contributed by atoms with Gasteiger partial charge in [-0.25, -0.2) is 0 Å². The van der Waals surface area contributed by atoms with Crippen molar-refractivity contribution in [1.29, 1.82) is 0 Å². The number of fused-ring (bicyclic) bond motifs is 1. The average Bonchev–Trinajstić information content (AvgIpc) is 2.50. The molecule has 3 nitrogen and oxygen atoms in total. The predicted molar refractivity (Wildman–Crippen MR) is 38.0 cm³/mol. The Morgan fingerprint density at radius 1 is 1.18 bits per heavy atom. The molecule has 1 heterocycles. The van der Waals surface area contributed by atoms with Crippen molar-refractivity contribution in [3.05, 3.63) is 0 Å². The van der Waals surface area contributed by atoms with Crippen LogP contribution in [0, 0.1) is 5.92 Å². The molecule has 0 N–H and O–H groups in total. The van der Waals surface area contributed by atoms with E-state index in [1.807, 2.05) is 0 Å². The minimum Gasteiger partial charge on any atom is -0.349 e. The van der Waals surface area contributed by atoms with Crippen molar-refractivity contribution < 1.29 is 14.3 Å². The summed E-state index contributed by atoms with van der Waals surface area (Å²) in [5, 5.41) is 0. The molecule has 0 aromatic rings. The lowest BCUT2D eigenvalue weighted by Crippen LogP contribution is -2.31. The van der Waals surface area contributed by atoms with E-state index in [1.165, 1.54) is 0 Å². The van der Waals surface area contributed by atoms with Gasteiger partial charge in [0, 0.05) is 5.92 Å². The van der Waals surface area contributed by atoms with Crippen LogP contribution >= 0.6 is 0 Å². The minimum atomic E-state index is 0.193. The zero-order valence-electron chi connectivity index (χ0n) is 6.36. The first-order valence-electron chi connectivity index (χ1n) is 4.08. The van der Waals surface area contributed by atoms with Gasteiger partial charge >= 0.3 is 0 Å². The lowest BCUT2D eigenvalue weighted by molar-refractivity contribution is -0.113. The van der Waals surface area contributed by atoms with Gasteiger partial charge in [-0.3, -0.25) is 0 Å². The van der Waals surface area contributed by atoms with Gasteiger partial charge in [-0.15, -0.1) is 0 Å². The Kier molecular flexibility index (Phi) is 1.92. The average molecular weight is 156 g/mol. The van der Waals surface area contributed by atoms with E-state index >= 15 is 0 Å². The van der Waals surface area contributed by atoms with Crippen molar-refractivity contribution in [3.63, 3.8) is 0 Å². The molecule has 3 heteroatoms. The highest BCUT2D eigenvalue weighted by Gasteiger charge is 2.35. The SMILES string of the molecule is O=CC1CCC2OCOC2C1. The summed E-state index contributed by atoms with van der Waals surface area (Å²) in [5.74, 6) is 0.206. The lowest BCUT2D eigenvalue weighted by atomic mass is 9.86. The Bertz CT molecular complexity index is 157. The normalized spacial score (nSPS) is 43.5. The lowest BCUT2D eigenvalue weighted by Gasteiger charge is -2.25. The van der Waals surface area contributed by atoms with Crippen LogP contribution in [-0.2, 0) is 14.3 Å². The molecule has 1 saturated carbocycles. The number of ether oxygens (including phenoxy) is 2. The van der Waals surface area contributed by atoms with Gasteiger partial charge in [0.1, 0.15) is 13.1 Å². The summed E-state index contributed by atoms with van der Waals surface area (Å²) in [6.07, 6.45) is 4.30. The van der Waals surface area contributed by atoms with Crippen LogP contribution < -0.4 is 0 Å². The first-order valence-corrected chi connectivity index (χ1v) is 4.08. The number of hydrogen-bond acceptors (Lipinski definition) is 3. The van der Waals surface area contributed by atoms with E-state index in [9.17, 15) is 4.79 Å². The third-order valence-corrected chi connectivity index (χ3v) is 2.53. The van der Waals surface area contributed by atoms with Crippen molar-refractivity contribution in [2.45, 2.75) is 31.5 Å². The zero-order chi connectivity index (χ0) is 7.68. The summed E-state index contributed by atoms with van der Waals surface area (Å²) in [4.78, 5) is 10.5. The summed E-state index contributed by atoms with van der Waals surface area (Å²) in [6, 6.07) is 0. The van der Waals surface area contributed by atoms with Crippen molar-refractivity contribution in [1.82, 2.24) is 0 Å². The molecule has 0 aromatic heterocycles. The quantitative estimate of drug-likeness (QED) is 0.525. The molecule has 0 radical (unpaired) electrons. The number of aldehydes is 1. The Labute approximate surface area is 65.7 Å². The number of rotatable bonds is 1. The molecule has 2 aliphatic rings. The summed E-state index contributed by atoms with van der Waals surface area (Å²) < 4.78 is 10.6. The number of hydrogen-bond donors (Lipinski definition) is 0. The fourth-order valence-corrected chi connectivity index (χ4v) is 1.84. The highest BCUT2D eigenvalue weighted by molar-refractivity contribution is 5.53. The molecular weight excluding hydrogens is 144 g/mol. The topological polar surface area (TPSA) is 35.5 Å². The zero-order valence-corrected chi connectivity index (χ0v) is 6.36. The van der Waals surface area contributed by atoms with Gasteiger partial charge in [-0.1, -0.05) is 0 Å². The molecule has 0 spiro atoms. The van der Waals surface area contributed by atoms with Crippen LogP contribution in [0.2, 0.25) is 0 Å². The molecule has 0 bridgehead atoms. The van der Waals surface area contributed by atoms with E-state index in [2.05, 4.69) is 0 Å². The maximum absolute atomic E-state index is 10.5.